The van der Waals surface area contributed by atoms with Gasteiger partial charge in [-0.2, -0.15) is 0 Å². The van der Waals surface area contributed by atoms with Crippen LogP contribution in [0.1, 0.15) is 23.9 Å². The molecule has 2 aliphatic heterocycles. The predicted molar refractivity (Wildman–Crippen MR) is 147 cm³/mol. The second-order valence-electron chi connectivity index (χ2n) is 10.3. The van der Waals surface area contributed by atoms with E-state index in [1.54, 1.807) is 0 Å². The topological polar surface area (TPSA) is 116 Å². The number of anilines is 1. The SMILES string of the molecule is COc1cc(Br)cc([C@H]2C3=CCn4c(=O)n(C)c(=O)n4[C@@H]3C[C@@]3(Cl)C(=O)N(c4c(F)c(F)c(F)c(F)c4F)C(=O)[C@@]23Cl)c1O. The van der Waals surface area contributed by atoms with Gasteiger partial charge in [-0.3, -0.25) is 9.59 Å². The summed E-state index contributed by atoms with van der Waals surface area (Å²) < 4.78 is 80.7. The number of imide groups is 1. The van der Waals surface area contributed by atoms with Crippen molar-refractivity contribution < 1.29 is 41.4 Å². The molecule has 3 aliphatic rings. The summed E-state index contributed by atoms with van der Waals surface area (Å²) in [6.45, 7) is -0.255. The molecule has 232 valence electrons. The summed E-state index contributed by atoms with van der Waals surface area (Å²) in [5.41, 5.74) is -3.66. The molecule has 0 bridgehead atoms. The Morgan fingerprint density at radius 1 is 0.955 bits per heavy atom. The molecule has 10 nitrogen and oxygen atoms in total. The van der Waals surface area contributed by atoms with Gasteiger partial charge in [0.05, 0.1) is 19.7 Å². The van der Waals surface area contributed by atoms with Crippen LogP contribution in [0.15, 0.2) is 37.8 Å². The lowest BCUT2D eigenvalue weighted by atomic mass is 9.64. The zero-order valence-corrected chi connectivity index (χ0v) is 25.2. The Kier molecular flexibility index (Phi) is 6.69. The van der Waals surface area contributed by atoms with Crippen molar-refractivity contribution in [1.29, 1.82) is 0 Å². The number of carbonyl (C=O) groups excluding carboxylic acids is 2. The van der Waals surface area contributed by atoms with Crippen LogP contribution in [0.5, 0.6) is 11.5 Å². The molecule has 2 fully saturated rings. The van der Waals surface area contributed by atoms with Crippen molar-refractivity contribution in [3.05, 3.63) is 83.9 Å². The van der Waals surface area contributed by atoms with Gasteiger partial charge in [-0.1, -0.05) is 22.0 Å². The average Bonchev–Trinajstić information content (AvgIpc) is 3.30. The molecule has 1 aromatic heterocycles. The van der Waals surface area contributed by atoms with Crippen molar-refractivity contribution in [2.75, 3.05) is 12.0 Å². The van der Waals surface area contributed by atoms with Crippen LogP contribution in [0.2, 0.25) is 0 Å². The minimum atomic E-state index is -2.81. The number of ether oxygens (including phenoxy) is 1. The Morgan fingerprint density at radius 2 is 1.55 bits per heavy atom. The lowest BCUT2D eigenvalue weighted by Crippen LogP contribution is -2.59. The van der Waals surface area contributed by atoms with Gasteiger partial charge < -0.3 is 9.84 Å². The van der Waals surface area contributed by atoms with Crippen LogP contribution in [-0.4, -0.2) is 47.7 Å². The van der Waals surface area contributed by atoms with E-state index in [0.717, 1.165) is 13.9 Å². The van der Waals surface area contributed by atoms with E-state index < -0.39 is 91.8 Å². The first-order valence-electron chi connectivity index (χ1n) is 12.5. The first-order valence-corrected chi connectivity index (χ1v) is 14.0. The summed E-state index contributed by atoms with van der Waals surface area (Å²) in [4.78, 5) is 48.3. The highest BCUT2D eigenvalue weighted by Gasteiger charge is 2.76. The maximum absolute atomic E-state index is 15.0. The number of nitrogens with zero attached hydrogens (tertiary/aromatic N) is 4. The minimum absolute atomic E-state index is 0.0832. The zero-order chi connectivity index (χ0) is 32.4. The van der Waals surface area contributed by atoms with Gasteiger partial charge in [0, 0.05) is 29.4 Å². The van der Waals surface area contributed by atoms with Crippen LogP contribution in [0.25, 0.3) is 0 Å². The smallest absolute Gasteiger partial charge is 0.347 e. The Balaban J connectivity index is 1.69. The molecule has 6 rings (SSSR count). The largest absolute Gasteiger partial charge is 0.504 e. The molecular formula is C26H16BrCl2F5N4O6. The van der Waals surface area contributed by atoms with E-state index >= 15 is 8.78 Å². The lowest BCUT2D eigenvalue weighted by Gasteiger charge is -2.49. The maximum atomic E-state index is 15.0. The fraction of sp³-hybridized carbons (Fsp3) is 0.308. The molecule has 4 atom stereocenters. The third kappa shape index (κ3) is 3.52. The number of aromatic nitrogens is 3. The maximum Gasteiger partial charge on any atom is 0.347 e. The van der Waals surface area contributed by atoms with Gasteiger partial charge in [-0.25, -0.2) is 50.4 Å². The highest BCUT2D eigenvalue weighted by molar-refractivity contribution is 9.10. The molecule has 18 heteroatoms. The molecule has 44 heavy (non-hydrogen) atoms. The van der Waals surface area contributed by atoms with E-state index in [1.807, 2.05) is 0 Å². The number of halogens is 8. The summed E-state index contributed by atoms with van der Waals surface area (Å²) in [7, 11) is 2.39. The van der Waals surface area contributed by atoms with Gasteiger partial charge in [0.25, 0.3) is 11.8 Å². The Morgan fingerprint density at radius 3 is 2.14 bits per heavy atom. The van der Waals surface area contributed by atoms with E-state index in [0.29, 0.717) is 0 Å². The van der Waals surface area contributed by atoms with Crippen LogP contribution < -0.4 is 21.0 Å². The molecule has 0 spiro atoms. The molecule has 1 saturated heterocycles. The number of allylic oxidation sites excluding steroid dienone is 2. The van der Waals surface area contributed by atoms with E-state index in [1.165, 1.54) is 32.4 Å². The molecule has 2 aromatic carbocycles. The van der Waals surface area contributed by atoms with Crippen molar-refractivity contribution in [3.8, 4) is 11.5 Å². The summed E-state index contributed by atoms with van der Waals surface area (Å²) in [6, 6.07) is 1.30. The molecule has 1 saturated carbocycles. The van der Waals surface area contributed by atoms with Crippen LogP contribution in [0.4, 0.5) is 27.6 Å². The lowest BCUT2D eigenvalue weighted by molar-refractivity contribution is -0.122. The van der Waals surface area contributed by atoms with Gasteiger partial charge in [0.1, 0.15) is 5.69 Å². The van der Waals surface area contributed by atoms with Crippen molar-refractivity contribution in [1.82, 2.24) is 13.9 Å². The number of benzene rings is 2. The zero-order valence-electron chi connectivity index (χ0n) is 22.1. The highest BCUT2D eigenvalue weighted by atomic mass is 79.9. The number of phenolic OH excluding ortho intramolecular Hbond substituents is 1. The van der Waals surface area contributed by atoms with Gasteiger partial charge in [0.2, 0.25) is 5.82 Å². The fourth-order valence-electron chi connectivity index (χ4n) is 6.25. The number of rotatable bonds is 3. The average molecular weight is 726 g/mol. The van der Waals surface area contributed by atoms with E-state index in [4.69, 9.17) is 27.9 Å². The fourth-order valence-corrected chi connectivity index (χ4v) is 7.61. The standard InChI is InChI=1S/C26H16BrCl2F5N4O6/c1-35-23(42)36-4-3-9-11(38(36)24(35)43)7-25(28)21(40)37(19-17(33)15(31)14(30)16(32)18(19)34)22(41)26(25,29)13(9)10-5-8(27)6-12(44-2)20(10)39/h3,5-6,11,13,39H,4,7H2,1-2H3/t11-,13-,25-,26+/m1/s1. The van der Waals surface area contributed by atoms with Crippen molar-refractivity contribution in [2.45, 2.75) is 34.7 Å². The monoisotopic (exact) mass is 724 g/mol. The number of fused-ring (bicyclic) bond motifs is 4. The Bertz CT molecular complexity index is 1980. The molecule has 2 amide bonds. The quantitative estimate of drug-likeness (QED) is 0.110. The second kappa shape index (κ2) is 9.68. The van der Waals surface area contributed by atoms with Gasteiger partial charge >= 0.3 is 11.4 Å². The third-order valence-corrected chi connectivity index (χ3v) is 10.2. The van der Waals surface area contributed by atoms with E-state index in [9.17, 15) is 37.5 Å². The Hall–Kier alpha value is -3.63. The normalized spacial score (nSPS) is 26.0. The van der Waals surface area contributed by atoms with Crippen molar-refractivity contribution in [2.24, 2.45) is 7.05 Å². The number of methoxy groups -OCH3 is 1. The molecule has 0 unspecified atom stereocenters. The van der Waals surface area contributed by atoms with Crippen molar-refractivity contribution in [3.63, 3.8) is 0 Å². The molecule has 3 aromatic rings. The number of alkyl halides is 2. The molecular weight excluding hydrogens is 710 g/mol. The summed E-state index contributed by atoms with van der Waals surface area (Å²) >= 11 is 17.2. The minimum Gasteiger partial charge on any atom is -0.504 e. The van der Waals surface area contributed by atoms with Crippen LogP contribution in [0.3, 0.4) is 0 Å². The number of hydrogen-bond donors (Lipinski definition) is 1. The number of hydrogen-bond acceptors (Lipinski definition) is 6. The van der Waals surface area contributed by atoms with Gasteiger partial charge in [0.15, 0.2) is 44.5 Å². The van der Waals surface area contributed by atoms with Crippen LogP contribution >= 0.6 is 39.1 Å². The number of aromatic hydroxyl groups is 1. The number of amides is 2. The first kappa shape index (κ1) is 30.4. The first-order chi connectivity index (χ1) is 20.5. The van der Waals surface area contributed by atoms with Gasteiger partial charge in [-0.15, -0.1) is 23.2 Å². The Labute approximate surface area is 260 Å². The number of phenols is 1. The highest BCUT2D eigenvalue weighted by Crippen LogP contribution is 2.65. The number of carbonyl (C=O) groups is 2. The third-order valence-electron chi connectivity index (χ3n) is 8.28. The van der Waals surface area contributed by atoms with Crippen molar-refractivity contribution >= 4 is 56.6 Å². The summed E-state index contributed by atoms with van der Waals surface area (Å²) in [5, 5.41) is 11.2. The van der Waals surface area contributed by atoms with Crippen LogP contribution in [0, 0.1) is 29.1 Å². The van der Waals surface area contributed by atoms with Crippen LogP contribution in [-0.2, 0) is 23.2 Å². The molecule has 0 radical (unpaired) electrons. The second-order valence-corrected chi connectivity index (χ2v) is 12.5. The molecule has 3 heterocycles. The molecule has 1 aliphatic carbocycles. The molecule has 1 N–H and O–H groups in total. The van der Waals surface area contributed by atoms with E-state index in [2.05, 4.69) is 15.9 Å². The summed E-state index contributed by atoms with van der Waals surface area (Å²) in [5.74, 6) is -18.2. The van der Waals surface area contributed by atoms with E-state index in [-0.39, 0.29) is 32.8 Å². The van der Waals surface area contributed by atoms with Gasteiger partial charge in [-0.05, 0) is 17.7 Å². The predicted octanol–water partition coefficient (Wildman–Crippen LogP) is 3.72. The summed E-state index contributed by atoms with van der Waals surface area (Å²) in [6.07, 6.45) is 0.647.